The highest BCUT2D eigenvalue weighted by Crippen LogP contribution is 2.23. The van der Waals surface area contributed by atoms with Gasteiger partial charge in [0.25, 0.3) is 0 Å². The van der Waals surface area contributed by atoms with Crippen molar-refractivity contribution in [1.82, 2.24) is 14.9 Å². The summed E-state index contributed by atoms with van der Waals surface area (Å²) < 4.78 is 1.83. The fourth-order valence-electron chi connectivity index (χ4n) is 2.46. The van der Waals surface area contributed by atoms with Crippen LogP contribution in [-0.2, 0) is 18.4 Å². The molecule has 1 aromatic heterocycles. The molecule has 1 aliphatic rings. The highest BCUT2D eigenvalue weighted by atomic mass is 32.2. The Labute approximate surface area is 124 Å². The molecule has 2 N–H and O–H groups in total. The molecule has 1 aliphatic carbocycles. The van der Waals surface area contributed by atoms with Crippen LogP contribution in [0.15, 0.2) is 11.4 Å². The van der Waals surface area contributed by atoms with Crippen molar-refractivity contribution in [2.75, 3.05) is 0 Å². The number of rotatable bonds is 5. The molecular formula is C14H23N3O2S. The Morgan fingerprint density at radius 2 is 2.25 bits per heavy atom. The van der Waals surface area contributed by atoms with Gasteiger partial charge in [0.1, 0.15) is 0 Å². The fourth-order valence-corrected chi connectivity index (χ4v) is 3.34. The number of thioether (sulfide) groups is 1. The van der Waals surface area contributed by atoms with Gasteiger partial charge in [-0.2, -0.15) is 0 Å². The van der Waals surface area contributed by atoms with E-state index in [2.05, 4.69) is 10.3 Å². The molecule has 1 aromatic rings. The van der Waals surface area contributed by atoms with Crippen LogP contribution in [0.2, 0.25) is 0 Å². The molecule has 1 saturated carbocycles. The normalized spacial score (nSPS) is 17.9. The summed E-state index contributed by atoms with van der Waals surface area (Å²) in [5.74, 6) is 0.0791. The summed E-state index contributed by atoms with van der Waals surface area (Å²) in [4.78, 5) is 16.4. The summed E-state index contributed by atoms with van der Waals surface area (Å²) in [6.07, 6.45) is 7.56. The number of nitrogens with one attached hydrogen (secondary N) is 1. The van der Waals surface area contributed by atoms with Crippen molar-refractivity contribution in [1.29, 1.82) is 0 Å². The van der Waals surface area contributed by atoms with Crippen molar-refractivity contribution in [3.8, 4) is 0 Å². The first-order valence-corrected chi connectivity index (χ1v) is 8.08. The first kappa shape index (κ1) is 15.4. The predicted molar refractivity (Wildman–Crippen MR) is 79.5 cm³/mol. The van der Waals surface area contributed by atoms with Crippen molar-refractivity contribution in [3.63, 3.8) is 0 Å². The average molecular weight is 297 g/mol. The molecular weight excluding hydrogens is 274 g/mol. The highest BCUT2D eigenvalue weighted by Gasteiger charge is 2.21. The minimum Gasteiger partial charge on any atom is -0.390 e. The zero-order valence-electron chi connectivity index (χ0n) is 12.1. The van der Waals surface area contributed by atoms with Gasteiger partial charge in [0.2, 0.25) is 5.91 Å². The molecule has 20 heavy (non-hydrogen) atoms. The lowest BCUT2D eigenvalue weighted by Gasteiger charge is -2.24. The maximum atomic E-state index is 12.2. The molecule has 0 aliphatic heterocycles. The van der Waals surface area contributed by atoms with Crippen LogP contribution < -0.4 is 5.32 Å². The molecule has 1 amide bonds. The third kappa shape index (κ3) is 3.76. The van der Waals surface area contributed by atoms with Crippen molar-refractivity contribution in [2.24, 2.45) is 7.05 Å². The third-order valence-electron chi connectivity index (χ3n) is 3.81. The molecule has 2 rings (SSSR count). The van der Waals surface area contributed by atoms with Gasteiger partial charge < -0.3 is 15.0 Å². The molecule has 5 nitrogen and oxygen atoms in total. The molecule has 1 fully saturated rings. The molecule has 6 heteroatoms. The summed E-state index contributed by atoms with van der Waals surface area (Å²) in [6, 6.07) is 0.341. The van der Waals surface area contributed by atoms with Crippen LogP contribution in [0.4, 0.5) is 0 Å². The van der Waals surface area contributed by atoms with E-state index in [1.165, 1.54) is 31.0 Å². The topological polar surface area (TPSA) is 67.2 Å². The van der Waals surface area contributed by atoms with E-state index in [0.717, 1.165) is 23.7 Å². The van der Waals surface area contributed by atoms with Crippen LogP contribution in [0.5, 0.6) is 0 Å². The standard InChI is InChI=1S/C14H23N3O2S/c1-10(13(19)16-11-6-4-3-5-7-11)20-14-15-8-12(9-18)17(14)2/h8,10-11,18H,3-7,9H2,1-2H3,(H,16,19). The van der Waals surface area contributed by atoms with Crippen LogP contribution in [0, 0.1) is 0 Å². The molecule has 0 bridgehead atoms. The van der Waals surface area contributed by atoms with Crippen LogP contribution >= 0.6 is 11.8 Å². The lowest BCUT2D eigenvalue weighted by molar-refractivity contribution is -0.121. The van der Waals surface area contributed by atoms with Crippen LogP contribution in [0.1, 0.15) is 44.7 Å². The summed E-state index contributed by atoms with van der Waals surface area (Å²) in [7, 11) is 1.85. The van der Waals surface area contributed by atoms with Gasteiger partial charge in [-0.05, 0) is 19.8 Å². The second-order valence-electron chi connectivity index (χ2n) is 5.35. The van der Waals surface area contributed by atoms with E-state index in [1.807, 2.05) is 18.5 Å². The van der Waals surface area contributed by atoms with E-state index in [1.54, 1.807) is 6.20 Å². The third-order valence-corrected chi connectivity index (χ3v) is 4.96. The summed E-state index contributed by atoms with van der Waals surface area (Å²) in [5, 5.41) is 12.9. The van der Waals surface area contributed by atoms with Crippen molar-refractivity contribution in [3.05, 3.63) is 11.9 Å². The lowest BCUT2D eigenvalue weighted by Crippen LogP contribution is -2.40. The van der Waals surface area contributed by atoms with Crippen molar-refractivity contribution in [2.45, 2.75) is 62.1 Å². The van der Waals surface area contributed by atoms with Crippen LogP contribution in [0.25, 0.3) is 0 Å². The number of hydrogen-bond acceptors (Lipinski definition) is 4. The number of aliphatic hydroxyl groups excluding tert-OH is 1. The SMILES string of the molecule is CC(Sc1ncc(CO)n1C)C(=O)NC1CCCCC1. The van der Waals surface area contributed by atoms with Gasteiger partial charge in [0, 0.05) is 13.1 Å². The summed E-state index contributed by atoms with van der Waals surface area (Å²) in [6.45, 7) is 1.86. The first-order valence-electron chi connectivity index (χ1n) is 7.20. The van der Waals surface area contributed by atoms with E-state index < -0.39 is 0 Å². The average Bonchev–Trinajstić information content (AvgIpc) is 2.80. The smallest absolute Gasteiger partial charge is 0.233 e. The highest BCUT2D eigenvalue weighted by molar-refractivity contribution is 8.00. The van der Waals surface area contributed by atoms with Gasteiger partial charge in [-0.25, -0.2) is 4.98 Å². The van der Waals surface area contributed by atoms with E-state index in [4.69, 9.17) is 5.11 Å². The largest absolute Gasteiger partial charge is 0.390 e. The number of imidazole rings is 1. The van der Waals surface area contributed by atoms with E-state index in [9.17, 15) is 4.79 Å². The van der Waals surface area contributed by atoms with Crippen molar-refractivity contribution < 1.29 is 9.90 Å². The van der Waals surface area contributed by atoms with Gasteiger partial charge in [-0.3, -0.25) is 4.79 Å². The first-order chi connectivity index (χ1) is 9.61. The Bertz CT molecular complexity index is 455. The van der Waals surface area contributed by atoms with E-state index >= 15 is 0 Å². The quantitative estimate of drug-likeness (QED) is 0.814. The van der Waals surface area contributed by atoms with Crippen molar-refractivity contribution >= 4 is 17.7 Å². The number of aliphatic hydroxyl groups is 1. The predicted octanol–water partition coefficient (Wildman–Crippen LogP) is 1.84. The monoisotopic (exact) mass is 297 g/mol. The second-order valence-corrected chi connectivity index (χ2v) is 6.66. The molecule has 1 unspecified atom stereocenters. The Morgan fingerprint density at radius 3 is 2.85 bits per heavy atom. The van der Waals surface area contributed by atoms with Gasteiger partial charge >= 0.3 is 0 Å². The number of carbonyl (C=O) groups is 1. The summed E-state index contributed by atoms with van der Waals surface area (Å²) in [5.41, 5.74) is 0.757. The molecule has 1 heterocycles. The Hall–Kier alpha value is -1.01. The Balaban J connectivity index is 1.88. The summed E-state index contributed by atoms with van der Waals surface area (Å²) >= 11 is 1.43. The minimum atomic E-state index is -0.176. The van der Waals surface area contributed by atoms with Crippen LogP contribution in [0.3, 0.4) is 0 Å². The Kier molecular flexibility index (Phi) is 5.48. The zero-order chi connectivity index (χ0) is 14.5. The maximum absolute atomic E-state index is 12.2. The zero-order valence-corrected chi connectivity index (χ0v) is 12.9. The molecule has 0 spiro atoms. The van der Waals surface area contributed by atoms with Gasteiger partial charge in [0.05, 0.1) is 23.7 Å². The van der Waals surface area contributed by atoms with Gasteiger partial charge in [0.15, 0.2) is 5.16 Å². The number of nitrogens with zero attached hydrogens (tertiary/aromatic N) is 2. The number of carbonyl (C=O) groups excluding carboxylic acids is 1. The Morgan fingerprint density at radius 1 is 1.55 bits per heavy atom. The van der Waals surface area contributed by atoms with E-state index in [-0.39, 0.29) is 17.8 Å². The molecule has 0 aromatic carbocycles. The van der Waals surface area contributed by atoms with Crippen LogP contribution in [-0.4, -0.2) is 31.9 Å². The second kappa shape index (κ2) is 7.13. The molecule has 0 saturated heterocycles. The molecule has 112 valence electrons. The maximum Gasteiger partial charge on any atom is 0.233 e. The van der Waals surface area contributed by atoms with Gasteiger partial charge in [-0.15, -0.1) is 0 Å². The molecule has 0 radical (unpaired) electrons. The number of hydrogen-bond donors (Lipinski definition) is 2. The minimum absolute atomic E-state index is 0.0350. The lowest BCUT2D eigenvalue weighted by atomic mass is 9.95. The number of aromatic nitrogens is 2. The fraction of sp³-hybridized carbons (Fsp3) is 0.714. The van der Waals surface area contributed by atoms with Gasteiger partial charge in [-0.1, -0.05) is 31.0 Å². The van der Waals surface area contributed by atoms with E-state index in [0.29, 0.717) is 6.04 Å². The number of amides is 1. The molecule has 1 atom stereocenters.